The van der Waals surface area contributed by atoms with Crippen molar-refractivity contribution in [1.82, 2.24) is 0 Å². The quantitative estimate of drug-likeness (QED) is 0.727. The Kier molecular flexibility index (Phi) is 4.47. The van der Waals surface area contributed by atoms with Gasteiger partial charge in [0.1, 0.15) is 0 Å². The number of methoxy groups -OCH3 is 1. The SMILES string of the molecule is COC(=O)C[C@H](N)C(=O)Nc1ccccc1. The van der Waals surface area contributed by atoms with Crippen LogP contribution in [-0.4, -0.2) is 25.0 Å². The minimum absolute atomic E-state index is 0.130. The van der Waals surface area contributed by atoms with Crippen LogP contribution in [0.15, 0.2) is 30.3 Å². The van der Waals surface area contributed by atoms with Crippen molar-refractivity contribution in [3.8, 4) is 0 Å². The molecule has 0 aliphatic heterocycles. The van der Waals surface area contributed by atoms with Gasteiger partial charge in [-0.2, -0.15) is 0 Å². The number of hydrogen-bond donors (Lipinski definition) is 2. The first kappa shape index (κ1) is 12.2. The van der Waals surface area contributed by atoms with Crippen molar-refractivity contribution in [2.24, 2.45) is 5.73 Å². The van der Waals surface area contributed by atoms with E-state index >= 15 is 0 Å². The summed E-state index contributed by atoms with van der Waals surface area (Å²) in [6.07, 6.45) is -0.130. The number of benzene rings is 1. The number of hydrogen-bond acceptors (Lipinski definition) is 4. The van der Waals surface area contributed by atoms with Gasteiger partial charge in [-0.15, -0.1) is 0 Å². The first-order valence-corrected chi connectivity index (χ1v) is 4.82. The van der Waals surface area contributed by atoms with E-state index in [0.717, 1.165) is 0 Å². The van der Waals surface area contributed by atoms with Crippen LogP contribution in [0.3, 0.4) is 0 Å². The second-order valence-corrected chi connectivity index (χ2v) is 3.24. The van der Waals surface area contributed by atoms with Gasteiger partial charge < -0.3 is 15.8 Å². The number of ether oxygens (including phenoxy) is 1. The van der Waals surface area contributed by atoms with Gasteiger partial charge in [-0.1, -0.05) is 18.2 Å². The molecule has 0 fully saturated rings. The molecule has 1 aromatic rings. The van der Waals surface area contributed by atoms with Gasteiger partial charge in [0.15, 0.2) is 0 Å². The fourth-order valence-corrected chi connectivity index (χ4v) is 1.11. The molecule has 0 aliphatic rings. The second kappa shape index (κ2) is 5.87. The monoisotopic (exact) mass is 222 g/mol. The van der Waals surface area contributed by atoms with Crippen LogP contribution in [0.1, 0.15) is 6.42 Å². The summed E-state index contributed by atoms with van der Waals surface area (Å²) >= 11 is 0. The zero-order chi connectivity index (χ0) is 12.0. The average Bonchev–Trinajstić information content (AvgIpc) is 2.30. The molecule has 5 nitrogen and oxygen atoms in total. The fourth-order valence-electron chi connectivity index (χ4n) is 1.11. The molecule has 0 spiro atoms. The van der Waals surface area contributed by atoms with Crippen LogP contribution in [0.2, 0.25) is 0 Å². The topological polar surface area (TPSA) is 81.4 Å². The van der Waals surface area contributed by atoms with Crippen molar-refractivity contribution in [2.45, 2.75) is 12.5 Å². The largest absolute Gasteiger partial charge is 0.469 e. The highest BCUT2D eigenvalue weighted by molar-refractivity contribution is 5.96. The van der Waals surface area contributed by atoms with Crippen LogP contribution >= 0.6 is 0 Å². The number of nitrogens with one attached hydrogen (secondary N) is 1. The maximum absolute atomic E-state index is 11.5. The summed E-state index contributed by atoms with van der Waals surface area (Å²) in [6, 6.07) is 8.01. The van der Waals surface area contributed by atoms with Gasteiger partial charge in [0.25, 0.3) is 0 Å². The van der Waals surface area contributed by atoms with Crippen LogP contribution in [0.5, 0.6) is 0 Å². The number of carbonyl (C=O) groups excluding carboxylic acids is 2. The lowest BCUT2D eigenvalue weighted by Gasteiger charge is -2.10. The molecular weight excluding hydrogens is 208 g/mol. The standard InChI is InChI=1S/C11H14N2O3/c1-16-10(14)7-9(12)11(15)13-8-5-3-2-4-6-8/h2-6,9H,7,12H2,1H3,(H,13,15)/t9-/m0/s1. The van der Waals surface area contributed by atoms with Crippen LogP contribution in [0.25, 0.3) is 0 Å². The lowest BCUT2D eigenvalue weighted by atomic mass is 10.2. The molecular formula is C11H14N2O3. The zero-order valence-electron chi connectivity index (χ0n) is 8.97. The molecule has 0 radical (unpaired) electrons. The highest BCUT2D eigenvalue weighted by atomic mass is 16.5. The Morgan fingerprint density at radius 1 is 1.38 bits per heavy atom. The van der Waals surface area contributed by atoms with Gasteiger partial charge in [-0.25, -0.2) is 0 Å². The van der Waals surface area contributed by atoms with Crippen molar-refractivity contribution >= 4 is 17.6 Å². The summed E-state index contributed by atoms with van der Waals surface area (Å²) in [5.41, 5.74) is 6.17. The van der Waals surface area contributed by atoms with Crippen LogP contribution < -0.4 is 11.1 Å². The third kappa shape index (κ3) is 3.70. The number of rotatable bonds is 4. The van der Waals surface area contributed by atoms with Crippen LogP contribution in [0.4, 0.5) is 5.69 Å². The molecule has 0 saturated heterocycles. The normalized spacial score (nSPS) is 11.6. The van der Waals surface area contributed by atoms with E-state index in [9.17, 15) is 9.59 Å². The minimum Gasteiger partial charge on any atom is -0.469 e. The fraction of sp³-hybridized carbons (Fsp3) is 0.273. The third-order valence-corrected chi connectivity index (χ3v) is 1.99. The van der Waals surface area contributed by atoms with Crippen molar-refractivity contribution in [3.63, 3.8) is 0 Å². The summed E-state index contributed by atoms with van der Waals surface area (Å²) in [5, 5.41) is 2.60. The summed E-state index contributed by atoms with van der Waals surface area (Å²) < 4.78 is 4.42. The van der Waals surface area contributed by atoms with Crippen molar-refractivity contribution in [3.05, 3.63) is 30.3 Å². The Hall–Kier alpha value is -1.88. The zero-order valence-corrected chi connectivity index (χ0v) is 8.97. The maximum atomic E-state index is 11.5. The van der Waals surface area contributed by atoms with Crippen molar-refractivity contribution in [2.75, 3.05) is 12.4 Å². The van der Waals surface area contributed by atoms with Gasteiger partial charge in [0, 0.05) is 5.69 Å². The van der Waals surface area contributed by atoms with Gasteiger partial charge in [0.05, 0.1) is 19.6 Å². The Morgan fingerprint density at radius 3 is 2.56 bits per heavy atom. The summed E-state index contributed by atoms with van der Waals surface area (Å²) in [7, 11) is 1.25. The van der Waals surface area contributed by atoms with Gasteiger partial charge in [-0.05, 0) is 12.1 Å². The molecule has 16 heavy (non-hydrogen) atoms. The molecule has 0 heterocycles. The summed E-state index contributed by atoms with van der Waals surface area (Å²) in [4.78, 5) is 22.4. The predicted molar refractivity (Wildman–Crippen MR) is 59.7 cm³/mol. The Balaban J connectivity index is 2.49. The second-order valence-electron chi connectivity index (χ2n) is 3.24. The number of para-hydroxylation sites is 1. The molecule has 0 aliphatic carbocycles. The molecule has 3 N–H and O–H groups in total. The van der Waals surface area contributed by atoms with Gasteiger partial charge in [-0.3, -0.25) is 9.59 Å². The molecule has 1 rings (SSSR count). The molecule has 0 bridgehead atoms. The predicted octanol–water partition coefficient (Wildman–Crippen LogP) is 0.515. The Bertz CT molecular complexity index is 365. The molecule has 1 amide bonds. The van der Waals surface area contributed by atoms with Gasteiger partial charge >= 0.3 is 5.97 Å². The molecule has 0 unspecified atom stereocenters. The number of esters is 1. The molecule has 1 aromatic carbocycles. The minimum atomic E-state index is -0.896. The van der Waals surface area contributed by atoms with E-state index < -0.39 is 17.9 Å². The number of anilines is 1. The molecule has 0 saturated carbocycles. The number of carbonyl (C=O) groups is 2. The van der Waals surface area contributed by atoms with E-state index in [1.165, 1.54) is 7.11 Å². The number of nitrogens with two attached hydrogens (primary N) is 1. The molecule has 5 heteroatoms. The lowest BCUT2D eigenvalue weighted by molar-refractivity contribution is -0.142. The lowest BCUT2D eigenvalue weighted by Crippen LogP contribution is -2.37. The summed E-state index contributed by atoms with van der Waals surface area (Å²) in [5.74, 6) is -0.910. The molecule has 86 valence electrons. The smallest absolute Gasteiger partial charge is 0.307 e. The van der Waals surface area contributed by atoms with Crippen molar-refractivity contribution < 1.29 is 14.3 Å². The van der Waals surface area contributed by atoms with Gasteiger partial charge in [0.2, 0.25) is 5.91 Å². The van der Waals surface area contributed by atoms with E-state index in [2.05, 4.69) is 10.1 Å². The maximum Gasteiger partial charge on any atom is 0.307 e. The van der Waals surface area contributed by atoms with E-state index in [-0.39, 0.29) is 6.42 Å². The highest BCUT2D eigenvalue weighted by Crippen LogP contribution is 2.05. The Morgan fingerprint density at radius 2 is 2.00 bits per heavy atom. The molecule has 0 aromatic heterocycles. The summed E-state index contributed by atoms with van der Waals surface area (Å²) in [6.45, 7) is 0. The van der Waals surface area contributed by atoms with Crippen molar-refractivity contribution in [1.29, 1.82) is 0 Å². The third-order valence-electron chi connectivity index (χ3n) is 1.99. The first-order chi connectivity index (χ1) is 7.63. The number of amides is 1. The first-order valence-electron chi connectivity index (χ1n) is 4.82. The van der Waals surface area contributed by atoms with E-state index in [4.69, 9.17) is 5.73 Å². The van der Waals surface area contributed by atoms with E-state index in [1.54, 1.807) is 24.3 Å². The molecule has 1 atom stereocenters. The van der Waals surface area contributed by atoms with Crippen LogP contribution in [0, 0.1) is 0 Å². The van der Waals surface area contributed by atoms with E-state index in [0.29, 0.717) is 5.69 Å². The van der Waals surface area contributed by atoms with Crippen LogP contribution in [-0.2, 0) is 14.3 Å². The Labute approximate surface area is 93.6 Å². The average molecular weight is 222 g/mol. The van der Waals surface area contributed by atoms with E-state index in [1.807, 2.05) is 6.07 Å². The highest BCUT2D eigenvalue weighted by Gasteiger charge is 2.17.